The van der Waals surface area contributed by atoms with E-state index < -0.39 is 0 Å². The minimum Gasteiger partial charge on any atom is -0.348 e. The Labute approximate surface area is 108 Å². The number of aryl methyl sites for hydroxylation is 1. The second-order valence-corrected chi connectivity index (χ2v) is 4.87. The number of nitrogens with zero attached hydrogens (tertiary/aromatic N) is 3. The molecular formula is C14H22N4. The Balaban J connectivity index is 2.43. The van der Waals surface area contributed by atoms with E-state index in [0.29, 0.717) is 6.04 Å². The number of aromatic nitrogens is 4. The van der Waals surface area contributed by atoms with Crippen molar-refractivity contribution in [1.82, 2.24) is 19.7 Å². The van der Waals surface area contributed by atoms with Crippen LogP contribution in [0.25, 0.3) is 0 Å². The van der Waals surface area contributed by atoms with Crippen LogP contribution in [-0.4, -0.2) is 19.7 Å². The zero-order valence-electron chi connectivity index (χ0n) is 11.7. The Morgan fingerprint density at radius 1 is 1.28 bits per heavy atom. The molecule has 0 aliphatic rings. The smallest absolute Gasteiger partial charge is 0.0921 e. The SMILES string of the molecule is CCc1nn(C(C)C)c(CC)c1Cc1cnc[nH]1. The minimum absolute atomic E-state index is 0.417. The lowest BCUT2D eigenvalue weighted by molar-refractivity contribution is 0.506. The molecule has 2 heterocycles. The number of hydrogen-bond donors (Lipinski definition) is 1. The largest absolute Gasteiger partial charge is 0.348 e. The Morgan fingerprint density at radius 3 is 2.56 bits per heavy atom. The molecular weight excluding hydrogens is 224 g/mol. The summed E-state index contributed by atoms with van der Waals surface area (Å²) >= 11 is 0. The highest BCUT2D eigenvalue weighted by Gasteiger charge is 2.17. The molecule has 0 unspecified atom stereocenters. The van der Waals surface area contributed by atoms with Gasteiger partial charge in [0.15, 0.2) is 0 Å². The molecule has 0 saturated heterocycles. The molecule has 0 atom stereocenters. The van der Waals surface area contributed by atoms with Gasteiger partial charge in [0.05, 0.1) is 12.0 Å². The van der Waals surface area contributed by atoms with Crippen molar-refractivity contribution in [2.75, 3.05) is 0 Å². The first-order valence-corrected chi connectivity index (χ1v) is 6.73. The molecule has 0 saturated carbocycles. The van der Waals surface area contributed by atoms with Crippen molar-refractivity contribution >= 4 is 0 Å². The number of aromatic amines is 1. The topological polar surface area (TPSA) is 46.5 Å². The molecule has 98 valence electrons. The van der Waals surface area contributed by atoms with Crippen LogP contribution in [0, 0.1) is 0 Å². The van der Waals surface area contributed by atoms with Gasteiger partial charge in [0, 0.05) is 35.6 Å². The molecule has 2 rings (SSSR count). The lowest BCUT2D eigenvalue weighted by Crippen LogP contribution is -2.07. The Bertz CT molecular complexity index is 494. The molecule has 0 aromatic carbocycles. The summed E-state index contributed by atoms with van der Waals surface area (Å²) in [6.07, 6.45) is 6.54. The number of H-pyrrole nitrogens is 1. The van der Waals surface area contributed by atoms with Crippen molar-refractivity contribution in [3.63, 3.8) is 0 Å². The Morgan fingerprint density at radius 2 is 2.06 bits per heavy atom. The van der Waals surface area contributed by atoms with Crippen LogP contribution in [0.5, 0.6) is 0 Å². The maximum Gasteiger partial charge on any atom is 0.0921 e. The molecule has 0 aliphatic carbocycles. The predicted molar refractivity (Wildman–Crippen MR) is 72.8 cm³/mol. The van der Waals surface area contributed by atoms with E-state index in [0.717, 1.165) is 25.0 Å². The fraction of sp³-hybridized carbons (Fsp3) is 0.571. The zero-order chi connectivity index (χ0) is 13.1. The third kappa shape index (κ3) is 2.33. The highest BCUT2D eigenvalue weighted by Crippen LogP contribution is 2.22. The van der Waals surface area contributed by atoms with Crippen molar-refractivity contribution in [2.45, 2.75) is 53.0 Å². The van der Waals surface area contributed by atoms with Gasteiger partial charge >= 0.3 is 0 Å². The first-order chi connectivity index (χ1) is 8.67. The van der Waals surface area contributed by atoms with Gasteiger partial charge in [-0.2, -0.15) is 5.10 Å². The molecule has 2 aromatic rings. The lowest BCUT2D eigenvalue weighted by atomic mass is 10.0. The van der Waals surface area contributed by atoms with E-state index in [2.05, 4.69) is 42.3 Å². The van der Waals surface area contributed by atoms with Gasteiger partial charge in [-0.15, -0.1) is 0 Å². The number of imidazole rings is 1. The van der Waals surface area contributed by atoms with Gasteiger partial charge in [0.25, 0.3) is 0 Å². The molecule has 0 fully saturated rings. The Kier molecular flexibility index (Phi) is 3.84. The average molecular weight is 246 g/mol. The van der Waals surface area contributed by atoms with Gasteiger partial charge in [-0.1, -0.05) is 13.8 Å². The lowest BCUT2D eigenvalue weighted by Gasteiger charge is -2.10. The van der Waals surface area contributed by atoms with Crippen LogP contribution >= 0.6 is 0 Å². The van der Waals surface area contributed by atoms with Crippen molar-refractivity contribution in [1.29, 1.82) is 0 Å². The third-order valence-electron chi connectivity index (χ3n) is 3.28. The fourth-order valence-corrected chi connectivity index (χ4v) is 2.42. The zero-order valence-corrected chi connectivity index (χ0v) is 11.7. The normalized spacial score (nSPS) is 11.4. The van der Waals surface area contributed by atoms with Crippen LogP contribution in [-0.2, 0) is 19.3 Å². The second kappa shape index (κ2) is 5.38. The van der Waals surface area contributed by atoms with Crippen LogP contribution in [0.4, 0.5) is 0 Å². The molecule has 1 N–H and O–H groups in total. The summed E-state index contributed by atoms with van der Waals surface area (Å²) in [4.78, 5) is 7.27. The quantitative estimate of drug-likeness (QED) is 0.881. The van der Waals surface area contributed by atoms with Crippen LogP contribution in [0.15, 0.2) is 12.5 Å². The fourth-order valence-electron chi connectivity index (χ4n) is 2.42. The number of hydrogen-bond acceptors (Lipinski definition) is 2. The van der Waals surface area contributed by atoms with Crippen molar-refractivity contribution in [3.8, 4) is 0 Å². The average Bonchev–Trinajstić information content (AvgIpc) is 2.96. The predicted octanol–water partition coefficient (Wildman–Crippen LogP) is 2.90. The summed E-state index contributed by atoms with van der Waals surface area (Å²) in [5.74, 6) is 0. The first-order valence-electron chi connectivity index (χ1n) is 6.73. The van der Waals surface area contributed by atoms with Gasteiger partial charge in [-0.05, 0) is 26.7 Å². The van der Waals surface area contributed by atoms with Gasteiger partial charge in [0.1, 0.15) is 0 Å². The highest BCUT2D eigenvalue weighted by atomic mass is 15.3. The van der Waals surface area contributed by atoms with Crippen molar-refractivity contribution < 1.29 is 0 Å². The molecule has 18 heavy (non-hydrogen) atoms. The summed E-state index contributed by atoms with van der Waals surface area (Å²) in [6, 6.07) is 0.417. The van der Waals surface area contributed by atoms with E-state index in [9.17, 15) is 0 Å². The van der Waals surface area contributed by atoms with E-state index in [4.69, 9.17) is 5.10 Å². The van der Waals surface area contributed by atoms with Gasteiger partial charge in [0.2, 0.25) is 0 Å². The third-order valence-corrected chi connectivity index (χ3v) is 3.28. The van der Waals surface area contributed by atoms with Gasteiger partial charge < -0.3 is 4.98 Å². The van der Waals surface area contributed by atoms with E-state index in [1.807, 2.05) is 6.20 Å². The summed E-state index contributed by atoms with van der Waals surface area (Å²) in [6.45, 7) is 8.74. The molecule has 0 bridgehead atoms. The van der Waals surface area contributed by atoms with Crippen LogP contribution < -0.4 is 0 Å². The highest BCUT2D eigenvalue weighted by molar-refractivity contribution is 5.31. The monoisotopic (exact) mass is 246 g/mol. The number of nitrogens with one attached hydrogen (secondary N) is 1. The molecule has 2 aromatic heterocycles. The maximum atomic E-state index is 4.76. The Hall–Kier alpha value is -1.58. The van der Waals surface area contributed by atoms with Crippen molar-refractivity contribution in [3.05, 3.63) is 35.2 Å². The van der Waals surface area contributed by atoms with E-state index in [1.165, 1.54) is 17.0 Å². The van der Waals surface area contributed by atoms with Gasteiger partial charge in [-0.3, -0.25) is 4.68 Å². The van der Waals surface area contributed by atoms with E-state index in [-0.39, 0.29) is 0 Å². The van der Waals surface area contributed by atoms with Crippen LogP contribution in [0.2, 0.25) is 0 Å². The standard InChI is InChI=1S/C14H22N4/c1-5-13-12(7-11-8-15-9-16-11)14(6-2)18(17-13)10(3)4/h8-10H,5-7H2,1-4H3,(H,15,16). The van der Waals surface area contributed by atoms with Crippen LogP contribution in [0.3, 0.4) is 0 Å². The number of rotatable bonds is 5. The second-order valence-electron chi connectivity index (χ2n) is 4.87. The molecule has 0 aliphatic heterocycles. The van der Waals surface area contributed by atoms with E-state index in [1.54, 1.807) is 6.33 Å². The van der Waals surface area contributed by atoms with Gasteiger partial charge in [-0.25, -0.2) is 4.98 Å². The summed E-state index contributed by atoms with van der Waals surface area (Å²) in [5, 5.41) is 4.76. The van der Waals surface area contributed by atoms with E-state index >= 15 is 0 Å². The first kappa shape index (κ1) is 12.9. The summed E-state index contributed by atoms with van der Waals surface area (Å²) in [7, 11) is 0. The summed E-state index contributed by atoms with van der Waals surface area (Å²) in [5.41, 5.74) is 5.10. The molecule has 4 nitrogen and oxygen atoms in total. The molecule has 0 spiro atoms. The van der Waals surface area contributed by atoms with Crippen LogP contribution in [0.1, 0.15) is 56.4 Å². The van der Waals surface area contributed by atoms with Crippen molar-refractivity contribution in [2.24, 2.45) is 0 Å². The maximum absolute atomic E-state index is 4.76. The molecule has 4 heteroatoms. The molecule has 0 radical (unpaired) electrons. The summed E-state index contributed by atoms with van der Waals surface area (Å²) < 4.78 is 2.17. The molecule has 0 amide bonds. The minimum atomic E-state index is 0.417.